The molecule has 0 saturated carbocycles. The Morgan fingerprint density at radius 3 is 2.28 bits per heavy atom. The van der Waals surface area contributed by atoms with Crippen LogP contribution in [0.1, 0.15) is 11.1 Å². The minimum atomic E-state index is -4.04. The van der Waals surface area contributed by atoms with Gasteiger partial charge in [0.05, 0.1) is 0 Å². The van der Waals surface area contributed by atoms with Gasteiger partial charge in [0.25, 0.3) is 15.9 Å². The van der Waals surface area contributed by atoms with Gasteiger partial charge in [0.15, 0.2) is 0 Å². The topological polar surface area (TPSA) is 146 Å². The van der Waals surface area contributed by atoms with Gasteiger partial charge in [0.1, 0.15) is 12.6 Å². The van der Waals surface area contributed by atoms with Crippen molar-refractivity contribution in [1.29, 1.82) is 0 Å². The fraction of sp³-hybridized carbons (Fsp3) is 0.200. The van der Waals surface area contributed by atoms with E-state index in [1.165, 1.54) is 7.05 Å². The Morgan fingerprint density at radius 2 is 1.72 bits per heavy atom. The quantitative estimate of drug-likeness (QED) is 0.523. The number of amides is 2. The number of hydrogen-bond acceptors (Lipinski definition) is 7. The first-order valence-corrected chi connectivity index (χ1v) is 11.8. The summed E-state index contributed by atoms with van der Waals surface area (Å²) in [7, 11) is -2.60. The summed E-state index contributed by atoms with van der Waals surface area (Å²) in [4.78, 5) is 29.2. The molecule has 2 aromatic carbocycles. The van der Waals surface area contributed by atoms with E-state index in [0.717, 1.165) is 15.8 Å². The summed E-state index contributed by atoms with van der Waals surface area (Å²) in [6, 6.07) is 17.1. The molecule has 0 unspecified atom stereocenters. The molecule has 0 bridgehead atoms. The van der Waals surface area contributed by atoms with Crippen LogP contribution in [0.4, 0.5) is 4.79 Å². The van der Waals surface area contributed by atoms with Crippen molar-refractivity contribution in [2.24, 2.45) is 17.2 Å². The maximum Gasteiger partial charge on any atom is 0.408 e. The van der Waals surface area contributed by atoms with Gasteiger partial charge in [-0.3, -0.25) is 4.79 Å². The summed E-state index contributed by atoms with van der Waals surface area (Å²) < 4.78 is 29.0. The first kappa shape index (κ1) is 23.3. The zero-order valence-electron chi connectivity index (χ0n) is 17.0. The molecule has 10 nitrogen and oxygen atoms in total. The van der Waals surface area contributed by atoms with Gasteiger partial charge < -0.3 is 10.1 Å². The average Bonchev–Trinajstić information content (AvgIpc) is 3.14. The number of aromatic nitrogens is 2. The van der Waals surface area contributed by atoms with Crippen molar-refractivity contribution in [1.82, 2.24) is 15.1 Å². The summed E-state index contributed by atoms with van der Waals surface area (Å²) >= 11 is 0.652. The summed E-state index contributed by atoms with van der Waals surface area (Å²) in [5, 5.41) is 11.4. The van der Waals surface area contributed by atoms with Crippen molar-refractivity contribution in [3.63, 3.8) is 0 Å². The Bertz CT molecular complexity index is 1250. The van der Waals surface area contributed by atoms with Crippen molar-refractivity contribution in [2.75, 3.05) is 0 Å². The number of ether oxygens (including phenoxy) is 1. The molecule has 0 aliphatic heterocycles. The van der Waals surface area contributed by atoms with Crippen LogP contribution in [0.2, 0.25) is 0 Å². The SMILES string of the molecule is Cn1nc(S(N)(=O)=O)sc1=NC(=O)[C@H](Cc1ccccc1)NC(=O)OCc1ccccc1. The number of benzene rings is 2. The molecule has 0 aliphatic carbocycles. The number of nitrogens with zero attached hydrogens (tertiary/aromatic N) is 3. The van der Waals surface area contributed by atoms with Gasteiger partial charge in [0.2, 0.25) is 9.14 Å². The van der Waals surface area contributed by atoms with E-state index in [4.69, 9.17) is 9.88 Å². The van der Waals surface area contributed by atoms with Crippen molar-refractivity contribution in [3.8, 4) is 0 Å². The fourth-order valence-electron chi connectivity index (χ4n) is 2.67. The number of nitrogens with one attached hydrogen (secondary N) is 1. The number of hydrogen-bond donors (Lipinski definition) is 2. The molecule has 12 heteroatoms. The molecule has 32 heavy (non-hydrogen) atoms. The van der Waals surface area contributed by atoms with Crippen LogP contribution in [-0.2, 0) is 39.6 Å². The summed E-state index contributed by atoms with van der Waals surface area (Å²) in [5.74, 6) is -0.689. The van der Waals surface area contributed by atoms with Gasteiger partial charge in [-0.1, -0.05) is 72.0 Å². The Kier molecular flexibility index (Phi) is 7.51. The van der Waals surface area contributed by atoms with E-state index in [1.807, 2.05) is 60.7 Å². The molecular weight excluding hydrogens is 454 g/mol. The van der Waals surface area contributed by atoms with Crippen LogP contribution >= 0.6 is 11.3 Å². The van der Waals surface area contributed by atoms with Crippen LogP contribution in [0.25, 0.3) is 0 Å². The van der Waals surface area contributed by atoms with Gasteiger partial charge in [0, 0.05) is 13.5 Å². The highest BCUT2D eigenvalue weighted by molar-refractivity contribution is 7.91. The van der Waals surface area contributed by atoms with Crippen LogP contribution in [0.5, 0.6) is 0 Å². The number of carbonyl (C=O) groups is 2. The lowest BCUT2D eigenvalue weighted by Crippen LogP contribution is -2.42. The highest BCUT2D eigenvalue weighted by atomic mass is 32.2. The molecule has 1 atom stereocenters. The summed E-state index contributed by atoms with van der Waals surface area (Å²) in [6.45, 7) is 0.0393. The predicted molar refractivity (Wildman–Crippen MR) is 117 cm³/mol. The monoisotopic (exact) mass is 475 g/mol. The molecule has 0 fully saturated rings. The zero-order valence-corrected chi connectivity index (χ0v) is 18.7. The van der Waals surface area contributed by atoms with E-state index in [1.54, 1.807) is 0 Å². The third-order valence-electron chi connectivity index (χ3n) is 4.22. The lowest BCUT2D eigenvalue weighted by atomic mass is 10.1. The first-order chi connectivity index (χ1) is 15.2. The molecule has 3 rings (SSSR count). The molecule has 0 saturated heterocycles. The Labute approximate surface area is 188 Å². The van der Waals surface area contributed by atoms with Crippen LogP contribution in [0, 0.1) is 0 Å². The zero-order chi connectivity index (χ0) is 23.1. The molecule has 0 spiro atoms. The van der Waals surface area contributed by atoms with E-state index in [0.29, 0.717) is 11.3 Å². The summed E-state index contributed by atoms with van der Waals surface area (Å²) in [6.07, 6.45) is -0.619. The van der Waals surface area contributed by atoms with Crippen LogP contribution in [0.3, 0.4) is 0 Å². The number of sulfonamides is 1. The predicted octanol–water partition coefficient (Wildman–Crippen LogP) is 1.09. The Balaban J connectivity index is 1.80. The molecule has 0 aliphatic rings. The number of aryl methyl sites for hydroxylation is 1. The average molecular weight is 476 g/mol. The maximum atomic E-state index is 12.9. The normalized spacial score (nSPS) is 12.9. The van der Waals surface area contributed by atoms with Crippen molar-refractivity contribution in [3.05, 3.63) is 76.6 Å². The van der Waals surface area contributed by atoms with Crippen molar-refractivity contribution < 1.29 is 22.7 Å². The molecule has 1 heterocycles. The lowest BCUT2D eigenvalue weighted by Gasteiger charge is -2.15. The van der Waals surface area contributed by atoms with Crippen LogP contribution in [0.15, 0.2) is 70.0 Å². The lowest BCUT2D eigenvalue weighted by molar-refractivity contribution is -0.120. The van der Waals surface area contributed by atoms with Crippen LogP contribution < -0.4 is 15.3 Å². The fourth-order valence-corrected chi connectivity index (χ4v) is 4.22. The van der Waals surface area contributed by atoms with Gasteiger partial charge in [-0.15, -0.1) is 5.10 Å². The van der Waals surface area contributed by atoms with Crippen molar-refractivity contribution in [2.45, 2.75) is 23.4 Å². The smallest absolute Gasteiger partial charge is 0.408 e. The summed E-state index contributed by atoms with van der Waals surface area (Å²) in [5.41, 5.74) is 1.59. The number of carbonyl (C=O) groups excluding carboxylic acids is 2. The van der Waals surface area contributed by atoms with Gasteiger partial charge in [-0.2, -0.15) is 4.99 Å². The molecule has 3 N–H and O–H groups in total. The van der Waals surface area contributed by atoms with E-state index in [9.17, 15) is 18.0 Å². The van der Waals surface area contributed by atoms with E-state index in [-0.39, 0.29) is 22.2 Å². The second-order valence-electron chi connectivity index (χ2n) is 6.72. The highest BCUT2D eigenvalue weighted by Gasteiger charge is 2.23. The number of rotatable bonds is 7. The van der Waals surface area contributed by atoms with Crippen LogP contribution in [-0.4, -0.2) is 36.2 Å². The Hall–Kier alpha value is -3.35. The molecule has 168 valence electrons. The van der Waals surface area contributed by atoms with Gasteiger partial charge in [-0.25, -0.2) is 23.0 Å². The van der Waals surface area contributed by atoms with E-state index < -0.39 is 28.1 Å². The second kappa shape index (κ2) is 10.3. The van der Waals surface area contributed by atoms with Gasteiger partial charge in [-0.05, 0) is 11.1 Å². The third-order valence-corrected chi connectivity index (χ3v) is 6.53. The molecule has 1 aromatic heterocycles. The largest absolute Gasteiger partial charge is 0.445 e. The minimum absolute atomic E-state index is 0.0246. The third kappa shape index (κ3) is 6.57. The number of primary sulfonamides is 1. The minimum Gasteiger partial charge on any atom is -0.445 e. The molecule has 2 amide bonds. The van der Waals surface area contributed by atoms with Crippen molar-refractivity contribution >= 4 is 33.4 Å². The Morgan fingerprint density at radius 1 is 1.12 bits per heavy atom. The molecule has 3 aromatic rings. The van der Waals surface area contributed by atoms with Gasteiger partial charge >= 0.3 is 6.09 Å². The number of nitrogens with two attached hydrogens (primary N) is 1. The second-order valence-corrected chi connectivity index (χ2v) is 9.41. The van der Waals surface area contributed by atoms with E-state index in [2.05, 4.69) is 15.4 Å². The standard InChI is InChI=1S/C20H21N5O5S2/c1-25-18(31-20(24-25)32(21,28)29)23-17(26)16(12-14-8-4-2-5-9-14)22-19(27)30-13-15-10-6-3-7-11-15/h2-11,16H,12-13H2,1H3,(H,22,27)(H2,21,28,29)/t16-/m0/s1. The highest BCUT2D eigenvalue weighted by Crippen LogP contribution is 2.08. The molecular formula is C20H21N5O5S2. The number of alkyl carbamates (subject to hydrolysis) is 1. The maximum absolute atomic E-state index is 12.9. The first-order valence-electron chi connectivity index (χ1n) is 9.39. The molecule has 0 radical (unpaired) electrons. The van der Waals surface area contributed by atoms with E-state index >= 15 is 0 Å².